The lowest BCUT2D eigenvalue weighted by atomic mass is 9.79. The number of nitriles is 1. The number of fused-ring (bicyclic) bond motifs is 2. The molecule has 1 aromatic carbocycles. The summed E-state index contributed by atoms with van der Waals surface area (Å²) < 4.78 is 0. The lowest BCUT2D eigenvalue weighted by Crippen LogP contribution is -2.54. The van der Waals surface area contributed by atoms with Gasteiger partial charge in [0, 0.05) is 32.2 Å². The van der Waals surface area contributed by atoms with Crippen LogP contribution >= 0.6 is 0 Å². The number of aryl methyl sites for hydroxylation is 1. The van der Waals surface area contributed by atoms with Gasteiger partial charge in [0.1, 0.15) is 12.1 Å². The molecule has 1 saturated heterocycles. The molecule has 1 spiro atoms. The van der Waals surface area contributed by atoms with Crippen LogP contribution in [0.5, 0.6) is 0 Å². The fourth-order valence-electron chi connectivity index (χ4n) is 5.32. The number of carbonyl (C=O) groups is 4. The highest BCUT2D eigenvalue weighted by Crippen LogP contribution is 2.47. The Kier molecular flexibility index (Phi) is 6.34. The van der Waals surface area contributed by atoms with Crippen molar-refractivity contribution in [2.75, 3.05) is 25.5 Å². The van der Waals surface area contributed by atoms with Crippen molar-refractivity contribution >= 4 is 29.3 Å². The van der Waals surface area contributed by atoms with Gasteiger partial charge in [-0.05, 0) is 48.8 Å². The minimum Gasteiger partial charge on any atom is -0.348 e. The van der Waals surface area contributed by atoms with Crippen LogP contribution in [0.25, 0.3) is 0 Å². The first-order valence-corrected chi connectivity index (χ1v) is 11.9. The molecule has 3 atom stereocenters. The first-order valence-electron chi connectivity index (χ1n) is 11.9. The summed E-state index contributed by atoms with van der Waals surface area (Å²) in [6.45, 7) is 4.29. The molecule has 34 heavy (non-hydrogen) atoms. The average Bonchev–Trinajstić information content (AvgIpc) is 3.33. The molecule has 1 fully saturated rings. The Labute approximate surface area is 199 Å². The number of amides is 4. The summed E-state index contributed by atoms with van der Waals surface area (Å²) in [7, 11) is 1.45. The van der Waals surface area contributed by atoms with Gasteiger partial charge < -0.3 is 20.4 Å². The molecule has 0 aliphatic carbocycles. The minimum absolute atomic E-state index is 0.0630. The van der Waals surface area contributed by atoms with E-state index in [0.29, 0.717) is 19.4 Å². The van der Waals surface area contributed by atoms with Crippen LogP contribution in [0.15, 0.2) is 18.2 Å². The molecule has 3 aliphatic heterocycles. The van der Waals surface area contributed by atoms with Gasteiger partial charge in [-0.3, -0.25) is 19.2 Å². The van der Waals surface area contributed by atoms with Gasteiger partial charge >= 0.3 is 11.8 Å². The van der Waals surface area contributed by atoms with E-state index in [1.807, 2.05) is 32.0 Å². The maximum Gasteiger partial charge on any atom is 0.312 e. The zero-order chi connectivity index (χ0) is 24.6. The zero-order valence-corrected chi connectivity index (χ0v) is 19.9. The lowest BCUT2D eigenvalue weighted by molar-refractivity contribution is -0.151. The molecule has 180 valence electrons. The van der Waals surface area contributed by atoms with Gasteiger partial charge in [-0.1, -0.05) is 26.0 Å². The highest BCUT2D eigenvalue weighted by Gasteiger charge is 2.57. The van der Waals surface area contributed by atoms with E-state index in [1.165, 1.54) is 16.8 Å². The SMILES string of the molecule is CC(C)C[C@H]1C(=O)N2C[C@]3(C[C@H]2C#N)C(=O)Nc2ccc(cc23)CCCCNC(=O)C(=O)N1C. The van der Waals surface area contributed by atoms with Crippen molar-refractivity contribution in [3.8, 4) is 6.07 Å². The monoisotopic (exact) mass is 465 g/mol. The van der Waals surface area contributed by atoms with Crippen molar-refractivity contribution in [1.82, 2.24) is 15.1 Å². The number of hydrogen-bond acceptors (Lipinski definition) is 5. The first-order chi connectivity index (χ1) is 16.2. The second-order valence-corrected chi connectivity index (χ2v) is 10.0. The van der Waals surface area contributed by atoms with Crippen molar-refractivity contribution in [3.05, 3.63) is 29.3 Å². The van der Waals surface area contributed by atoms with Crippen LogP contribution in [0.2, 0.25) is 0 Å². The molecular weight excluding hydrogens is 434 g/mol. The summed E-state index contributed by atoms with van der Waals surface area (Å²) in [6, 6.07) is 6.36. The number of anilines is 1. The molecule has 4 bridgehead atoms. The van der Waals surface area contributed by atoms with Crippen LogP contribution < -0.4 is 10.6 Å². The van der Waals surface area contributed by atoms with E-state index in [2.05, 4.69) is 16.7 Å². The summed E-state index contributed by atoms with van der Waals surface area (Å²) in [6.07, 6.45) is 2.79. The molecule has 4 rings (SSSR count). The summed E-state index contributed by atoms with van der Waals surface area (Å²) >= 11 is 0. The number of hydrogen-bond donors (Lipinski definition) is 2. The molecule has 3 aliphatic rings. The Morgan fingerprint density at radius 3 is 2.68 bits per heavy atom. The Bertz CT molecular complexity index is 1080. The largest absolute Gasteiger partial charge is 0.348 e. The van der Waals surface area contributed by atoms with Gasteiger partial charge in [0.15, 0.2) is 0 Å². The molecule has 9 heteroatoms. The molecule has 0 unspecified atom stereocenters. The third kappa shape index (κ3) is 4.02. The van der Waals surface area contributed by atoms with E-state index in [0.717, 1.165) is 29.7 Å². The Hall–Kier alpha value is -3.41. The Morgan fingerprint density at radius 2 is 1.97 bits per heavy atom. The van der Waals surface area contributed by atoms with E-state index >= 15 is 0 Å². The van der Waals surface area contributed by atoms with Crippen LogP contribution in [0.3, 0.4) is 0 Å². The molecule has 9 nitrogen and oxygen atoms in total. The van der Waals surface area contributed by atoms with E-state index in [4.69, 9.17) is 0 Å². The van der Waals surface area contributed by atoms with Gasteiger partial charge in [-0.15, -0.1) is 0 Å². The smallest absolute Gasteiger partial charge is 0.312 e. The van der Waals surface area contributed by atoms with E-state index < -0.39 is 35.2 Å². The van der Waals surface area contributed by atoms with Crippen LogP contribution in [0.4, 0.5) is 5.69 Å². The van der Waals surface area contributed by atoms with Crippen LogP contribution in [0.1, 0.15) is 50.7 Å². The van der Waals surface area contributed by atoms with E-state index in [9.17, 15) is 24.4 Å². The maximum atomic E-state index is 13.8. The Morgan fingerprint density at radius 1 is 1.21 bits per heavy atom. The number of nitrogens with zero attached hydrogens (tertiary/aromatic N) is 3. The summed E-state index contributed by atoms with van der Waals surface area (Å²) in [5.74, 6) is -2.08. The molecule has 1 aromatic rings. The normalized spacial score (nSPS) is 27.6. The topological polar surface area (TPSA) is 123 Å². The highest BCUT2D eigenvalue weighted by molar-refractivity contribution is 6.35. The average molecular weight is 466 g/mol. The van der Waals surface area contributed by atoms with Crippen molar-refractivity contribution in [3.63, 3.8) is 0 Å². The molecule has 4 amide bonds. The standard InChI is InChI=1S/C25H31N5O4/c1-15(2)10-20-22(32)30-14-25(12-17(30)13-26)18-11-16(7-8-19(18)28-24(25)34)6-4-5-9-27-21(31)23(33)29(20)3/h7-8,11,15,17,20H,4-6,9-10,12,14H2,1-3H3,(H,27,31)(H,28,34)/t17-,20-,25-/m0/s1. The second-order valence-electron chi connectivity index (χ2n) is 10.0. The van der Waals surface area contributed by atoms with Gasteiger partial charge in [0.05, 0.1) is 11.5 Å². The predicted octanol–water partition coefficient (Wildman–Crippen LogP) is 1.33. The molecule has 3 heterocycles. The van der Waals surface area contributed by atoms with Gasteiger partial charge in [0.2, 0.25) is 11.8 Å². The van der Waals surface area contributed by atoms with Crippen LogP contribution in [-0.4, -0.2) is 65.6 Å². The lowest BCUT2D eigenvalue weighted by Gasteiger charge is -2.33. The molecule has 0 saturated carbocycles. The predicted molar refractivity (Wildman–Crippen MR) is 124 cm³/mol. The summed E-state index contributed by atoms with van der Waals surface area (Å²) in [5, 5.41) is 15.5. The number of carbonyl (C=O) groups excluding carboxylic acids is 4. The van der Waals surface area contributed by atoms with Gasteiger partial charge in [-0.25, -0.2) is 0 Å². The number of nitrogens with one attached hydrogen (secondary N) is 2. The van der Waals surface area contributed by atoms with Crippen molar-refractivity contribution < 1.29 is 19.2 Å². The van der Waals surface area contributed by atoms with Crippen LogP contribution in [0, 0.1) is 17.2 Å². The van der Waals surface area contributed by atoms with E-state index in [-0.39, 0.29) is 24.8 Å². The maximum absolute atomic E-state index is 13.8. The Balaban J connectivity index is 1.78. The van der Waals surface area contributed by atoms with E-state index in [1.54, 1.807) is 0 Å². The van der Waals surface area contributed by atoms with Crippen molar-refractivity contribution in [2.24, 2.45) is 5.92 Å². The fourth-order valence-corrected chi connectivity index (χ4v) is 5.32. The third-order valence-electron chi connectivity index (χ3n) is 7.21. The number of rotatable bonds is 2. The quantitative estimate of drug-likeness (QED) is 0.638. The summed E-state index contributed by atoms with van der Waals surface area (Å²) in [4.78, 5) is 55.0. The first kappa shape index (κ1) is 23.7. The number of likely N-dealkylation sites (N-methyl/N-ethyl adjacent to an activating group) is 1. The molecule has 0 aromatic heterocycles. The zero-order valence-electron chi connectivity index (χ0n) is 19.9. The summed E-state index contributed by atoms with van der Waals surface area (Å²) in [5.41, 5.74) is 1.61. The fraction of sp³-hybridized carbons (Fsp3) is 0.560. The minimum atomic E-state index is -0.999. The van der Waals surface area contributed by atoms with Crippen LogP contribution in [-0.2, 0) is 31.0 Å². The van der Waals surface area contributed by atoms with Gasteiger partial charge in [-0.2, -0.15) is 5.26 Å². The second kappa shape index (κ2) is 9.09. The van der Waals surface area contributed by atoms with Crippen molar-refractivity contribution in [1.29, 1.82) is 5.26 Å². The number of benzene rings is 1. The van der Waals surface area contributed by atoms with Gasteiger partial charge in [0.25, 0.3) is 0 Å². The molecule has 0 radical (unpaired) electrons. The highest BCUT2D eigenvalue weighted by atomic mass is 16.2. The third-order valence-corrected chi connectivity index (χ3v) is 7.21. The molecular formula is C25H31N5O4. The van der Waals surface area contributed by atoms with Crippen molar-refractivity contribution in [2.45, 2.75) is 63.5 Å². The molecule has 2 N–H and O–H groups in total.